The van der Waals surface area contributed by atoms with Gasteiger partial charge in [-0.1, -0.05) is 17.7 Å². The second kappa shape index (κ2) is 9.03. The van der Waals surface area contributed by atoms with Gasteiger partial charge in [-0.25, -0.2) is 9.71 Å². The van der Waals surface area contributed by atoms with Crippen molar-refractivity contribution in [1.82, 2.24) is 9.71 Å². The van der Waals surface area contributed by atoms with Crippen LogP contribution in [0.3, 0.4) is 0 Å². The number of aliphatic hydroxyl groups is 1. The monoisotopic (exact) mass is 546 g/mol. The van der Waals surface area contributed by atoms with Crippen molar-refractivity contribution in [2.75, 3.05) is 36.0 Å². The first-order valence-corrected chi connectivity index (χ1v) is 14.7. The number of carbonyl (C=O) groups excluding carboxylic acids is 1. The molecule has 4 fully saturated rings. The molecule has 2 aliphatic carbocycles. The van der Waals surface area contributed by atoms with E-state index in [0.29, 0.717) is 54.4 Å². The van der Waals surface area contributed by atoms with Gasteiger partial charge in [-0.3, -0.25) is 4.79 Å². The summed E-state index contributed by atoms with van der Waals surface area (Å²) in [6.45, 7) is 2.81. The number of benzene rings is 1. The van der Waals surface area contributed by atoms with Gasteiger partial charge < -0.3 is 19.6 Å². The number of aliphatic hydroxyl groups excluding tert-OH is 1. The highest BCUT2D eigenvalue weighted by Crippen LogP contribution is 2.54. The number of sulfonamides is 1. The third kappa shape index (κ3) is 4.98. The van der Waals surface area contributed by atoms with Gasteiger partial charge in [0.15, 0.2) is 10.6 Å². The van der Waals surface area contributed by atoms with Crippen molar-refractivity contribution < 1.29 is 23.1 Å². The second-order valence-electron chi connectivity index (χ2n) is 10.9. The smallest absolute Gasteiger partial charge is 0.281 e. The quantitative estimate of drug-likeness (QED) is 0.545. The van der Waals surface area contributed by atoms with E-state index in [1.54, 1.807) is 18.2 Å². The fraction of sp³-hybridized carbons (Fsp3) is 0.538. The van der Waals surface area contributed by atoms with Crippen molar-refractivity contribution in [2.24, 2.45) is 5.41 Å². The molecule has 2 N–H and O–H groups in total. The molecule has 11 heteroatoms. The first-order valence-electron chi connectivity index (χ1n) is 12.9. The number of aromatic nitrogens is 1. The van der Waals surface area contributed by atoms with Crippen LogP contribution in [-0.4, -0.2) is 62.3 Å². The first kappa shape index (κ1) is 24.8. The van der Waals surface area contributed by atoms with Gasteiger partial charge in [-0.15, -0.1) is 0 Å². The average Bonchev–Trinajstić information content (AvgIpc) is 3.78. The standard InChI is InChI=1S/C26H31ClN4O5S/c27-18-4-5-20(30-14-11-25(7-8-25)12-15-30)21(16-18)36-26(9-10-26)24(33)29-37(34,35)23-3-1-2-22(28-23)31-13-6-19(32)17-31/h1-5,16,19,32H,6-15,17H2,(H,29,33). The van der Waals surface area contributed by atoms with Crippen LogP contribution in [0.2, 0.25) is 5.02 Å². The van der Waals surface area contributed by atoms with Crippen LogP contribution in [0.5, 0.6) is 5.75 Å². The summed E-state index contributed by atoms with van der Waals surface area (Å²) in [7, 11) is -4.22. The molecule has 2 saturated heterocycles. The van der Waals surface area contributed by atoms with Gasteiger partial charge in [0, 0.05) is 50.1 Å². The van der Waals surface area contributed by atoms with E-state index in [2.05, 4.69) is 14.6 Å². The Bertz CT molecular complexity index is 1320. The molecule has 1 atom stereocenters. The van der Waals surface area contributed by atoms with E-state index in [1.165, 1.54) is 18.9 Å². The lowest BCUT2D eigenvalue weighted by molar-refractivity contribution is -0.127. The van der Waals surface area contributed by atoms with Crippen molar-refractivity contribution in [3.8, 4) is 5.75 Å². The highest BCUT2D eigenvalue weighted by atomic mass is 35.5. The fourth-order valence-electron chi connectivity index (χ4n) is 5.38. The van der Waals surface area contributed by atoms with Gasteiger partial charge in [-0.05, 0) is 61.8 Å². The minimum atomic E-state index is -4.22. The largest absolute Gasteiger partial charge is 0.475 e. The highest BCUT2D eigenvalue weighted by molar-refractivity contribution is 7.90. The zero-order chi connectivity index (χ0) is 25.8. The fourth-order valence-corrected chi connectivity index (χ4v) is 6.54. The van der Waals surface area contributed by atoms with Gasteiger partial charge in [0.05, 0.1) is 11.8 Å². The van der Waals surface area contributed by atoms with Crippen molar-refractivity contribution >= 4 is 39.0 Å². The van der Waals surface area contributed by atoms with E-state index in [4.69, 9.17) is 16.3 Å². The van der Waals surface area contributed by atoms with Crippen LogP contribution < -0.4 is 19.3 Å². The molecule has 2 aliphatic heterocycles. The average molecular weight is 547 g/mol. The summed E-state index contributed by atoms with van der Waals surface area (Å²) in [5.41, 5.74) is 0.135. The number of pyridine rings is 1. The normalized spacial score (nSPS) is 23.7. The molecule has 37 heavy (non-hydrogen) atoms. The van der Waals surface area contributed by atoms with Gasteiger partial charge in [-0.2, -0.15) is 8.42 Å². The Balaban J connectivity index is 1.18. The zero-order valence-electron chi connectivity index (χ0n) is 20.5. The number of β-amino-alcohol motifs (C(OH)–C–C–N with tert-alkyl or cyclic N) is 1. The van der Waals surface area contributed by atoms with E-state index in [0.717, 1.165) is 31.6 Å². The summed E-state index contributed by atoms with van der Waals surface area (Å²) >= 11 is 6.28. The van der Waals surface area contributed by atoms with E-state index in [-0.39, 0.29) is 5.03 Å². The molecular weight excluding hydrogens is 516 g/mol. The number of nitrogens with one attached hydrogen (secondary N) is 1. The van der Waals surface area contributed by atoms with Gasteiger partial charge in [0.1, 0.15) is 11.6 Å². The molecule has 2 saturated carbocycles. The number of piperidine rings is 1. The molecule has 1 spiro atoms. The van der Waals surface area contributed by atoms with Gasteiger partial charge >= 0.3 is 0 Å². The molecule has 1 aromatic carbocycles. The number of ether oxygens (including phenoxy) is 1. The summed E-state index contributed by atoms with van der Waals surface area (Å²) < 4.78 is 34.6. The number of rotatable bonds is 7. The summed E-state index contributed by atoms with van der Waals surface area (Å²) in [5.74, 6) is 0.233. The van der Waals surface area contributed by atoms with E-state index in [1.807, 2.05) is 17.0 Å². The maximum Gasteiger partial charge on any atom is 0.281 e. The van der Waals surface area contributed by atoms with Crippen LogP contribution in [0.1, 0.15) is 44.9 Å². The maximum atomic E-state index is 13.2. The van der Waals surface area contributed by atoms with Gasteiger partial charge in [0.2, 0.25) is 0 Å². The Hall–Kier alpha value is -2.56. The molecule has 0 bridgehead atoms. The molecule has 198 valence electrons. The molecule has 0 radical (unpaired) electrons. The lowest BCUT2D eigenvalue weighted by atomic mass is 9.93. The molecule has 1 aromatic heterocycles. The molecule has 1 amide bonds. The number of hydrogen-bond donors (Lipinski definition) is 2. The van der Waals surface area contributed by atoms with Gasteiger partial charge in [0.25, 0.3) is 15.9 Å². The van der Waals surface area contributed by atoms with E-state index in [9.17, 15) is 18.3 Å². The lowest BCUT2D eigenvalue weighted by Gasteiger charge is -2.35. The molecule has 2 aromatic rings. The molecule has 3 heterocycles. The lowest BCUT2D eigenvalue weighted by Crippen LogP contribution is -2.44. The Morgan fingerprint density at radius 2 is 1.81 bits per heavy atom. The van der Waals surface area contributed by atoms with Crippen LogP contribution in [0.4, 0.5) is 11.5 Å². The van der Waals surface area contributed by atoms with E-state index < -0.39 is 27.6 Å². The second-order valence-corrected chi connectivity index (χ2v) is 12.9. The van der Waals surface area contributed by atoms with Crippen LogP contribution in [0.15, 0.2) is 41.4 Å². The van der Waals surface area contributed by atoms with Crippen molar-refractivity contribution in [3.63, 3.8) is 0 Å². The van der Waals surface area contributed by atoms with Crippen molar-refractivity contribution in [1.29, 1.82) is 0 Å². The first-order chi connectivity index (χ1) is 17.7. The molecular formula is C26H31ClN4O5S. The summed E-state index contributed by atoms with van der Waals surface area (Å²) in [6.07, 6.45) is 5.83. The van der Waals surface area contributed by atoms with Crippen LogP contribution in [0.25, 0.3) is 0 Å². The third-order valence-corrected chi connectivity index (χ3v) is 9.63. The highest BCUT2D eigenvalue weighted by Gasteiger charge is 2.55. The molecule has 4 aliphatic rings. The minimum Gasteiger partial charge on any atom is -0.475 e. The van der Waals surface area contributed by atoms with Crippen LogP contribution in [-0.2, 0) is 14.8 Å². The number of hydrogen-bond acceptors (Lipinski definition) is 8. The van der Waals surface area contributed by atoms with Crippen LogP contribution >= 0.6 is 11.6 Å². The Labute approximate surface area is 221 Å². The Morgan fingerprint density at radius 1 is 1.05 bits per heavy atom. The topological polar surface area (TPSA) is 112 Å². The van der Waals surface area contributed by atoms with Crippen LogP contribution in [0, 0.1) is 5.41 Å². The maximum absolute atomic E-state index is 13.2. The predicted octanol–water partition coefficient (Wildman–Crippen LogP) is 3.10. The Kier molecular flexibility index (Phi) is 6.04. The summed E-state index contributed by atoms with van der Waals surface area (Å²) in [5, 5.41) is 10.0. The van der Waals surface area contributed by atoms with Crippen molar-refractivity contribution in [3.05, 3.63) is 41.4 Å². The number of halogens is 1. The minimum absolute atomic E-state index is 0.249. The number of anilines is 2. The third-order valence-electron chi connectivity index (χ3n) is 8.17. The summed E-state index contributed by atoms with van der Waals surface area (Å²) in [6, 6.07) is 10.1. The number of nitrogens with zero attached hydrogens (tertiary/aromatic N) is 3. The number of amides is 1. The predicted molar refractivity (Wildman–Crippen MR) is 140 cm³/mol. The molecule has 6 rings (SSSR count). The molecule has 9 nitrogen and oxygen atoms in total. The zero-order valence-corrected chi connectivity index (χ0v) is 22.1. The van der Waals surface area contributed by atoms with E-state index >= 15 is 0 Å². The Morgan fingerprint density at radius 3 is 2.46 bits per heavy atom. The number of carbonyl (C=O) groups is 1. The SMILES string of the molecule is O=C(NS(=O)(=O)c1cccc(N2CCC(O)C2)n1)C1(Oc2cc(Cl)ccc2N2CCC3(CC2)CC3)CC1. The molecule has 1 unspecified atom stereocenters. The van der Waals surface area contributed by atoms with Crippen molar-refractivity contribution in [2.45, 2.75) is 61.7 Å². The summed E-state index contributed by atoms with van der Waals surface area (Å²) in [4.78, 5) is 21.6.